The third-order valence-electron chi connectivity index (χ3n) is 5.59. The van der Waals surface area contributed by atoms with Crippen molar-refractivity contribution in [2.24, 2.45) is 0 Å². The van der Waals surface area contributed by atoms with Gasteiger partial charge in [0.15, 0.2) is 0 Å². The zero-order chi connectivity index (χ0) is 17.1. The van der Waals surface area contributed by atoms with Crippen molar-refractivity contribution < 1.29 is 0 Å². The molecule has 0 saturated heterocycles. The molecule has 1 aliphatic carbocycles. The van der Waals surface area contributed by atoms with Gasteiger partial charge in [0.2, 0.25) is 0 Å². The lowest BCUT2D eigenvalue weighted by molar-refractivity contribution is 1.66. The molecule has 5 aromatic rings. The Bertz CT molecular complexity index is 1310. The average Bonchev–Trinajstić information content (AvgIpc) is 3.04. The van der Waals surface area contributed by atoms with Gasteiger partial charge in [-0.3, -0.25) is 0 Å². The molecule has 0 atom stereocenters. The molecule has 5 aromatic carbocycles. The van der Waals surface area contributed by atoms with Gasteiger partial charge in [0.05, 0.1) is 0 Å². The predicted molar refractivity (Wildman–Crippen MR) is 111 cm³/mol. The topological polar surface area (TPSA) is 0 Å². The largest absolute Gasteiger partial charge is 0.0622 e. The number of hydrogen-bond donors (Lipinski definition) is 0. The van der Waals surface area contributed by atoms with E-state index in [9.17, 15) is 0 Å². The first-order chi connectivity index (χ1) is 12.9. The molecule has 6 rings (SSSR count). The highest BCUT2D eigenvalue weighted by atomic mass is 14.3. The van der Waals surface area contributed by atoms with E-state index in [0.717, 1.165) is 0 Å². The Balaban J connectivity index is 1.83. The summed E-state index contributed by atoms with van der Waals surface area (Å²) in [7, 11) is 0. The van der Waals surface area contributed by atoms with Crippen molar-refractivity contribution in [3.63, 3.8) is 0 Å². The van der Waals surface area contributed by atoms with Gasteiger partial charge >= 0.3 is 0 Å². The van der Waals surface area contributed by atoms with Gasteiger partial charge in [-0.05, 0) is 61.0 Å². The summed E-state index contributed by atoms with van der Waals surface area (Å²) in [4.78, 5) is 0. The fourth-order valence-electron chi connectivity index (χ4n) is 4.52. The van der Waals surface area contributed by atoms with Gasteiger partial charge < -0.3 is 0 Å². The van der Waals surface area contributed by atoms with Crippen molar-refractivity contribution in [2.45, 2.75) is 0 Å². The second kappa shape index (κ2) is 5.06. The van der Waals surface area contributed by atoms with Crippen LogP contribution < -0.4 is 0 Å². The molecular formula is C26H16. The van der Waals surface area contributed by atoms with Gasteiger partial charge in [0.1, 0.15) is 0 Å². The van der Waals surface area contributed by atoms with Crippen LogP contribution in [0.2, 0.25) is 0 Å². The molecule has 1 aliphatic rings. The van der Waals surface area contributed by atoms with E-state index in [1.807, 2.05) is 0 Å². The molecule has 0 bridgehead atoms. The first kappa shape index (κ1) is 13.9. The van der Waals surface area contributed by atoms with E-state index in [1.165, 1.54) is 54.9 Å². The van der Waals surface area contributed by atoms with Gasteiger partial charge in [-0.15, -0.1) is 0 Å². The summed E-state index contributed by atoms with van der Waals surface area (Å²) < 4.78 is 0. The summed E-state index contributed by atoms with van der Waals surface area (Å²) in [6.45, 7) is 0. The predicted octanol–water partition coefficient (Wildman–Crippen LogP) is 7.31. The molecule has 0 nitrogen and oxygen atoms in total. The highest BCUT2D eigenvalue weighted by Crippen LogP contribution is 2.50. The molecule has 0 fully saturated rings. The minimum absolute atomic E-state index is 1.27. The smallest absolute Gasteiger partial charge is 0.00197 e. The molecule has 0 aliphatic heterocycles. The van der Waals surface area contributed by atoms with E-state index in [-0.39, 0.29) is 0 Å². The maximum absolute atomic E-state index is 2.37. The lowest BCUT2D eigenvalue weighted by Crippen LogP contribution is -1.85. The molecule has 0 radical (unpaired) electrons. The summed E-state index contributed by atoms with van der Waals surface area (Å²) in [5.74, 6) is 0. The van der Waals surface area contributed by atoms with Crippen LogP contribution in [0, 0.1) is 0 Å². The average molecular weight is 328 g/mol. The summed E-state index contributed by atoms with van der Waals surface area (Å²) in [5.41, 5.74) is 8.01. The van der Waals surface area contributed by atoms with E-state index in [1.54, 1.807) is 0 Å². The Labute approximate surface area is 152 Å². The molecule has 0 amide bonds. The Kier molecular flexibility index (Phi) is 2.70. The summed E-state index contributed by atoms with van der Waals surface area (Å²) >= 11 is 0. The molecule has 0 N–H and O–H groups in total. The third-order valence-corrected chi connectivity index (χ3v) is 5.59. The number of fused-ring (bicyclic) bond motifs is 5. The van der Waals surface area contributed by atoms with Crippen molar-refractivity contribution in [2.75, 3.05) is 0 Å². The van der Waals surface area contributed by atoms with Crippen LogP contribution in [0.1, 0.15) is 0 Å². The molecule has 0 spiro atoms. The Hall–Kier alpha value is -3.38. The Morgan fingerprint density at radius 2 is 1.04 bits per heavy atom. The third kappa shape index (κ3) is 1.74. The highest BCUT2D eigenvalue weighted by molar-refractivity contribution is 6.25. The second-order valence-corrected chi connectivity index (χ2v) is 6.97. The zero-order valence-corrected chi connectivity index (χ0v) is 14.2. The standard InChI is InChI=1S/C26H16/c1-2-8-17(9-3-1)19-13-6-10-18-16-24-21-12-5-4-11-20(21)22-14-7-15-23(25(18)19)26(22)24/h1-16H. The van der Waals surface area contributed by atoms with Crippen molar-refractivity contribution in [1.82, 2.24) is 0 Å². The van der Waals surface area contributed by atoms with Crippen molar-refractivity contribution in [3.8, 4) is 33.4 Å². The summed E-state index contributed by atoms with van der Waals surface area (Å²) in [5, 5.41) is 5.41. The van der Waals surface area contributed by atoms with Crippen LogP contribution >= 0.6 is 0 Å². The monoisotopic (exact) mass is 328 g/mol. The summed E-state index contributed by atoms with van der Waals surface area (Å²) in [6.07, 6.45) is 0. The van der Waals surface area contributed by atoms with Crippen LogP contribution in [0.3, 0.4) is 0 Å². The van der Waals surface area contributed by atoms with E-state index in [0.29, 0.717) is 0 Å². The fourth-order valence-corrected chi connectivity index (χ4v) is 4.52. The molecule has 0 heterocycles. The summed E-state index contributed by atoms with van der Waals surface area (Å²) in [6, 6.07) is 35.3. The molecular weight excluding hydrogens is 312 g/mol. The molecule has 0 saturated carbocycles. The SMILES string of the molecule is c1ccc(-c2cccc3cc4c5c(cccc5c23)-c2ccccc2-4)cc1. The minimum Gasteiger partial charge on any atom is -0.0622 e. The highest BCUT2D eigenvalue weighted by Gasteiger charge is 2.22. The normalized spacial score (nSPS) is 11.8. The molecule has 0 unspecified atom stereocenters. The van der Waals surface area contributed by atoms with Crippen LogP contribution in [0.25, 0.3) is 54.9 Å². The van der Waals surface area contributed by atoms with Crippen LogP contribution in [0.15, 0.2) is 97.1 Å². The Morgan fingerprint density at radius 1 is 0.385 bits per heavy atom. The van der Waals surface area contributed by atoms with Gasteiger partial charge in [0.25, 0.3) is 0 Å². The maximum atomic E-state index is 2.37. The van der Waals surface area contributed by atoms with Crippen LogP contribution in [0.4, 0.5) is 0 Å². The zero-order valence-electron chi connectivity index (χ0n) is 14.2. The molecule has 26 heavy (non-hydrogen) atoms. The van der Waals surface area contributed by atoms with Gasteiger partial charge in [0, 0.05) is 0 Å². The lowest BCUT2D eigenvalue weighted by Gasteiger charge is -2.12. The molecule has 0 aromatic heterocycles. The Morgan fingerprint density at radius 3 is 1.88 bits per heavy atom. The maximum Gasteiger partial charge on any atom is -0.00197 e. The van der Waals surface area contributed by atoms with Crippen molar-refractivity contribution >= 4 is 21.5 Å². The minimum atomic E-state index is 1.27. The molecule has 0 heteroatoms. The van der Waals surface area contributed by atoms with Gasteiger partial charge in [-0.25, -0.2) is 0 Å². The second-order valence-electron chi connectivity index (χ2n) is 6.97. The first-order valence-corrected chi connectivity index (χ1v) is 9.05. The molecule has 120 valence electrons. The van der Waals surface area contributed by atoms with Crippen LogP contribution in [-0.2, 0) is 0 Å². The number of hydrogen-bond acceptors (Lipinski definition) is 0. The van der Waals surface area contributed by atoms with E-state index in [2.05, 4.69) is 97.1 Å². The van der Waals surface area contributed by atoms with Crippen molar-refractivity contribution in [1.29, 1.82) is 0 Å². The van der Waals surface area contributed by atoms with Gasteiger partial charge in [-0.2, -0.15) is 0 Å². The number of rotatable bonds is 1. The fraction of sp³-hybridized carbons (Fsp3) is 0. The van der Waals surface area contributed by atoms with E-state index < -0.39 is 0 Å². The van der Waals surface area contributed by atoms with Gasteiger partial charge in [-0.1, -0.05) is 91.0 Å². The van der Waals surface area contributed by atoms with Crippen LogP contribution in [0.5, 0.6) is 0 Å². The lowest BCUT2D eigenvalue weighted by atomic mass is 9.91. The first-order valence-electron chi connectivity index (χ1n) is 9.05. The number of benzene rings is 5. The van der Waals surface area contributed by atoms with Crippen LogP contribution in [-0.4, -0.2) is 0 Å². The van der Waals surface area contributed by atoms with E-state index in [4.69, 9.17) is 0 Å². The van der Waals surface area contributed by atoms with Crippen molar-refractivity contribution in [3.05, 3.63) is 97.1 Å². The van der Waals surface area contributed by atoms with E-state index >= 15 is 0 Å². The quantitative estimate of drug-likeness (QED) is 0.278.